The van der Waals surface area contributed by atoms with Crippen LogP contribution in [0.3, 0.4) is 0 Å². The highest BCUT2D eigenvalue weighted by atomic mass is 16.2. The molecule has 4 nitrogen and oxygen atoms in total. The maximum absolute atomic E-state index is 12.4. The van der Waals surface area contributed by atoms with E-state index in [2.05, 4.69) is 4.99 Å². The monoisotopic (exact) mass is 295 g/mol. The summed E-state index contributed by atoms with van der Waals surface area (Å²) in [6.07, 6.45) is 1.57. The fourth-order valence-electron chi connectivity index (χ4n) is 1.90. The van der Waals surface area contributed by atoms with Crippen LogP contribution in [0.2, 0.25) is 0 Å². The molecule has 0 unspecified atom stereocenters. The van der Waals surface area contributed by atoms with E-state index in [1.54, 1.807) is 25.3 Å². The van der Waals surface area contributed by atoms with E-state index in [1.807, 2.05) is 62.4 Å². The lowest BCUT2D eigenvalue weighted by atomic mass is 10.2. The Morgan fingerprint density at radius 2 is 1.41 bits per heavy atom. The normalized spacial score (nSPS) is 10.7. The summed E-state index contributed by atoms with van der Waals surface area (Å²) in [7, 11) is 3.45. The number of carbonyl (C=O) groups excluding carboxylic acids is 1. The van der Waals surface area contributed by atoms with Crippen molar-refractivity contribution >= 4 is 23.7 Å². The Morgan fingerprint density at radius 1 is 0.909 bits per heavy atom. The van der Waals surface area contributed by atoms with Crippen LogP contribution in [0.5, 0.6) is 0 Å². The maximum atomic E-state index is 12.4. The SMILES string of the molecule is Cc1ccc(N=CN(C(=O)N(C)C)c2ccc(C)cc2)cc1. The molecule has 2 amide bonds. The van der Waals surface area contributed by atoms with Crippen LogP contribution in [0.4, 0.5) is 16.2 Å². The van der Waals surface area contributed by atoms with Gasteiger partial charge in [0.1, 0.15) is 6.34 Å². The fraction of sp³-hybridized carbons (Fsp3) is 0.222. The van der Waals surface area contributed by atoms with Crippen molar-refractivity contribution in [1.82, 2.24) is 4.90 Å². The molecule has 2 aromatic rings. The van der Waals surface area contributed by atoms with Gasteiger partial charge in [-0.15, -0.1) is 0 Å². The second-order valence-electron chi connectivity index (χ2n) is 5.46. The van der Waals surface area contributed by atoms with Crippen molar-refractivity contribution in [2.45, 2.75) is 13.8 Å². The van der Waals surface area contributed by atoms with Crippen LogP contribution in [-0.2, 0) is 0 Å². The molecule has 2 aromatic carbocycles. The molecule has 0 saturated heterocycles. The Labute approximate surface area is 131 Å². The van der Waals surface area contributed by atoms with Crippen molar-refractivity contribution in [2.75, 3.05) is 19.0 Å². The van der Waals surface area contributed by atoms with Gasteiger partial charge >= 0.3 is 6.03 Å². The summed E-state index contributed by atoms with van der Waals surface area (Å²) in [5.74, 6) is 0. The van der Waals surface area contributed by atoms with E-state index < -0.39 is 0 Å². The topological polar surface area (TPSA) is 35.9 Å². The Morgan fingerprint density at radius 3 is 1.91 bits per heavy atom. The van der Waals surface area contributed by atoms with Gasteiger partial charge in [0.05, 0.1) is 11.4 Å². The smallest absolute Gasteiger partial charge is 0.329 e. The number of carbonyl (C=O) groups is 1. The van der Waals surface area contributed by atoms with Gasteiger partial charge in [0.2, 0.25) is 0 Å². The average molecular weight is 295 g/mol. The maximum Gasteiger partial charge on any atom is 0.329 e. The molecule has 0 aromatic heterocycles. The molecule has 4 heteroatoms. The first-order valence-electron chi connectivity index (χ1n) is 7.15. The van der Waals surface area contributed by atoms with E-state index in [0.717, 1.165) is 16.9 Å². The third kappa shape index (κ3) is 3.95. The summed E-state index contributed by atoms with van der Waals surface area (Å²) in [4.78, 5) is 19.8. The molecule has 0 bridgehead atoms. The third-order valence-electron chi connectivity index (χ3n) is 3.26. The molecule has 0 saturated carbocycles. The number of anilines is 1. The van der Waals surface area contributed by atoms with Crippen molar-refractivity contribution in [3.63, 3.8) is 0 Å². The van der Waals surface area contributed by atoms with Gasteiger partial charge in [0, 0.05) is 14.1 Å². The molecule has 0 spiro atoms. The summed E-state index contributed by atoms with van der Waals surface area (Å²) in [5, 5.41) is 0. The van der Waals surface area contributed by atoms with Crippen molar-refractivity contribution in [1.29, 1.82) is 0 Å². The lowest BCUT2D eigenvalue weighted by molar-refractivity contribution is 0.227. The Bertz CT molecular complexity index is 658. The fourth-order valence-corrected chi connectivity index (χ4v) is 1.90. The Hall–Kier alpha value is -2.62. The van der Waals surface area contributed by atoms with E-state index in [9.17, 15) is 4.79 Å². The molecule has 0 aliphatic carbocycles. The standard InChI is InChI=1S/C18H21N3O/c1-14-5-9-16(10-6-14)19-13-21(18(22)20(3)4)17-11-7-15(2)8-12-17/h5-13H,1-4H3. The zero-order valence-electron chi connectivity index (χ0n) is 13.4. The molecule has 0 atom stereocenters. The van der Waals surface area contributed by atoms with E-state index in [4.69, 9.17) is 0 Å². The van der Waals surface area contributed by atoms with Gasteiger partial charge in [-0.3, -0.25) is 4.90 Å². The van der Waals surface area contributed by atoms with Crippen LogP contribution in [0.15, 0.2) is 53.5 Å². The third-order valence-corrected chi connectivity index (χ3v) is 3.26. The number of aliphatic imine (C=N–C) groups is 1. The van der Waals surface area contributed by atoms with Gasteiger partial charge in [0.25, 0.3) is 0 Å². The molecule has 0 heterocycles. The molecule has 0 fully saturated rings. The number of rotatable bonds is 3. The van der Waals surface area contributed by atoms with Crippen molar-refractivity contribution in [2.24, 2.45) is 4.99 Å². The molecule has 2 rings (SSSR count). The Kier molecular flexibility index (Phi) is 4.94. The minimum absolute atomic E-state index is 0.139. The highest BCUT2D eigenvalue weighted by Crippen LogP contribution is 2.17. The summed E-state index contributed by atoms with van der Waals surface area (Å²) in [6, 6.07) is 15.5. The minimum Gasteiger partial charge on any atom is -0.330 e. The van der Waals surface area contributed by atoms with Gasteiger partial charge in [-0.2, -0.15) is 0 Å². The lowest BCUT2D eigenvalue weighted by Gasteiger charge is -2.22. The molecule has 114 valence electrons. The van der Waals surface area contributed by atoms with Crippen LogP contribution in [0, 0.1) is 13.8 Å². The number of nitrogens with zero attached hydrogens (tertiary/aromatic N) is 3. The first-order chi connectivity index (χ1) is 10.5. The Balaban J connectivity index is 2.30. The summed E-state index contributed by atoms with van der Waals surface area (Å²) in [6.45, 7) is 4.05. The number of hydrogen-bond donors (Lipinski definition) is 0. The molecule has 22 heavy (non-hydrogen) atoms. The van der Waals surface area contributed by atoms with Crippen molar-refractivity contribution in [3.05, 3.63) is 59.7 Å². The molecule has 0 radical (unpaired) electrons. The van der Waals surface area contributed by atoms with Crippen molar-refractivity contribution in [3.8, 4) is 0 Å². The highest BCUT2D eigenvalue weighted by Gasteiger charge is 2.15. The number of urea groups is 1. The van der Waals surface area contributed by atoms with Crippen LogP contribution in [0.25, 0.3) is 0 Å². The van der Waals surface area contributed by atoms with Crippen LogP contribution < -0.4 is 4.90 Å². The predicted octanol–water partition coefficient (Wildman–Crippen LogP) is 4.15. The van der Waals surface area contributed by atoms with Gasteiger partial charge in [0.15, 0.2) is 0 Å². The van der Waals surface area contributed by atoms with E-state index in [1.165, 1.54) is 10.5 Å². The summed E-state index contributed by atoms with van der Waals surface area (Å²) >= 11 is 0. The first kappa shape index (κ1) is 15.8. The van der Waals surface area contributed by atoms with Gasteiger partial charge in [-0.25, -0.2) is 9.79 Å². The van der Waals surface area contributed by atoms with Gasteiger partial charge in [-0.05, 0) is 38.1 Å². The second kappa shape index (κ2) is 6.89. The zero-order chi connectivity index (χ0) is 16.1. The van der Waals surface area contributed by atoms with Crippen LogP contribution in [-0.4, -0.2) is 31.4 Å². The van der Waals surface area contributed by atoms with E-state index in [0.29, 0.717) is 0 Å². The van der Waals surface area contributed by atoms with Gasteiger partial charge in [-0.1, -0.05) is 35.4 Å². The summed E-state index contributed by atoms with van der Waals surface area (Å²) in [5.41, 5.74) is 3.93. The second-order valence-corrected chi connectivity index (χ2v) is 5.46. The summed E-state index contributed by atoms with van der Waals surface area (Å²) < 4.78 is 0. The molecular formula is C18H21N3O. The van der Waals surface area contributed by atoms with Crippen LogP contribution >= 0.6 is 0 Å². The quantitative estimate of drug-likeness (QED) is 0.619. The van der Waals surface area contributed by atoms with Crippen LogP contribution in [0.1, 0.15) is 11.1 Å². The largest absolute Gasteiger partial charge is 0.330 e. The number of benzene rings is 2. The van der Waals surface area contributed by atoms with Crippen molar-refractivity contribution < 1.29 is 4.79 Å². The zero-order valence-corrected chi connectivity index (χ0v) is 13.4. The molecule has 0 aliphatic rings. The molecule has 0 N–H and O–H groups in total. The lowest BCUT2D eigenvalue weighted by Crippen LogP contribution is -2.38. The number of hydrogen-bond acceptors (Lipinski definition) is 2. The van der Waals surface area contributed by atoms with Gasteiger partial charge < -0.3 is 4.90 Å². The van der Waals surface area contributed by atoms with E-state index in [-0.39, 0.29) is 6.03 Å². The average Bonchev–Trinajstić information content (AvgIpc) is 2.50. The predicted molar refractivity (Wildman–Crippen MR) is 92.1 cm³/mol. The molecular weight excluding hydrogens is 274 g/mol. The highest BCUT2D eigenvalue weighted by molar-refractivity contribution is 6.07. The van der Waals surface area contributed by atoms with E-state index >= 15 is 0 Å². The number of amides is 2. The molecule has 0 aliphatic heterocycles. The minimum atomic E-state index is -0.139. The first-order valence-corrected chi connectivity index (χ1v) is 7.15. The number of aryl methyl sites for hydroxylation is 2.